The number of hydrogen-bond donors (Lipinski definition) is 1. The molecule has 0 bridgehead atoms. The molecule has 0 aliphatic rings. The number of carbonyl (C=O) groups is 1. The van der Waals surface area contributed by atoms with Gasteiger partial charge >= 0.3 is 6.03 Å². The van der Waals surface area contributed by atoms with Crippen molar-refractivity contribution in [2.45, 2.75) is 26.4 Å². The van der Waals surface area contributed by atoms with Crippen LogP contribution in [0.15, 0.2) is 42.5 Å². The molecule has 0 radical (unpaired) electrons. The number of halogens is 1. The van der Waals surface area contributed by atoms with Gasteiger partial charge in [-0.25, -0.2) is 9.18 Å². The lowest BCUT2D eigenvalue weighted by Crippen LogP contribution is -2.43. The summed E-state index contributed by atoms with van der Waals surface area (Å²) in [4.78, 5) is 16.7. The molecule has 0 saturated carbocycles. The van der Waals surface area contributed by atoms with Gasteiger partial charge in [0, 0.05) is 25.2 Å². The van der Waals surface area contributed by atoms with Crippen LogP contribution in [0.25, 0.3) is 0 Å². The van der Waals surface area contributed by atoms with E-state index in [0.717, 1.165) is 29.0 Å². The van der Waals surface area contributed by atoms with Gasteiger partial charge in [0.1, 0.15) is 11.6 Å². The maximum absolute atomic E-state index is 13.2. The minimum atomic E-state index is -0.284. The molecule has 0 saturated heterocycles. The molecule has 0 aliphatic heterocycles. The van der Waals surface area contributed by atoms with Crippen molar-refractivity contribution >= 4 is 6.03 Å². The van der Waals surface area contributed by atoms with Crippen molar-refractivity contribution in [1.29, 1.82) is 0 Å². The molecule has 2 amide bonds. The lowest BCUT2D eigenvalue weighted by Gasteiger charge is -2.27. The first kappa shape index (κ1) is 21.7. The average molecular weight is 387 g/mol. The van der Waals surface area contributed by atoms with E-state index in [0.29, 0.717) is 13.1 Å². The zero-order chi connectivity index (χ0) is 20.7. The average Bonchev–Trinajstić information content (AvgIpc) is 2.66. The monoisotopic (exact) mass is 387 g/mol. The number of nitrogens with one attached hydrogen (secondary N) is 1. The summed E-state index contributed by atoms with van der Waals surface area (Å²) in [5.74, 6) is 0.463. The number of urea groups is 1. The Morgan fingerprint density at radius 3 is 2.43 bits per heavy atom. The smallest absolute Gasteiger partial charge is 0.318 e. The fourth-order valence-corrected chi connectivity index (χ4v) is 2.93. The Balaban J connectivity index is 2.14. The molecular weight excluding hydrogens is 357 g/mol. The second-order valence-corrected chi connectivity index (χ2v) is 7.27. The second kappa shape index (κ2) is 10.1. The molecular formula is C22H30FN3O2. The molecule has 1 atom stereocenters. The Morgan fingerprint density at radius 1 is 1.14 bits per heavy atom. The van der Waals surface area contributed by atoms with Gasteiger partial charge in [-0.1, -0.05) is 29.8 Å². The van der Waals surface area contributed by atoms with Crippen LogP contribution < -0.4 is 10.1 Å². The molecule has 0 heterocycles. The number of rotatable bonds is 8. The quantitative estimate of drug-likeness (QED) is 0.745. The van der Waals surface area contributed by atoms with Gasteiger partial charge in [0.05, 0.1) is 13.2 Å². The number of benzene rings is 2. The van der Waals surface area contributed by atoms with Gasteiger partial charge in [0.15, 0.2) is 0 Å². The Morgan fingerprint density at radius 2 is 1.82 bits per heavy atom. The molecule has 2 aromatic carbocycles. The summed E-state index contributed by atoms with van der Waals surface area (Å²) in [5.41, 5.74) is 2.92. The van der Waals surface area contributed by atoms with Crippen LogP contribution >= 0.6 is 0 Å². The number of aryl methyl sites for hydroxylation is 1. The van der Waals surface area contributed by atoms with Crippen molar-refractivity contribution in [2.75, 3.05) is 34.3 Å². The van der Waals surface area contributed by atoms with Gasteiger partial charge in [0.25, 0.3) is 0 Å². The highest BCUT2D eigenvalue weighted by atomic mass is 19.1. The van der Waals surface area contributed by atoms with E-state index in [2.05, 4.69) is 5.32 Å². The molecule has 5 nitrogen and oxygen atoms in total. The lowest BCUT2D eigenvalue weighted by atomic mass is 10.0. The van der Waals surface area contributed by atoms with Gasteiger partial charge in [-0.15, -0.1) is 0 Å². The molecule has 2 aromatic rings. The summed E-state index contributed by atoms with van der Waals surface area (Å²) in [6.45, 7) is 5.66. The van der Waals surface area contributed by atoms with Crippen LogP contribution in [-0.4, -0.2) is 50.1 Å². The lowest BCUT2D eigenvalue weighted by molar-refractivity contribution is 0.185. The molecule has 0 aliphatic carbocycles. The zero-order valence-electron chi connectivity index (χ0n) is 17.3. The molecule has 0 aromatic heterocycles. The summed E-state index contributed by atoms with van der Waals surface area (Å²) in [7, 11) is 5.56. The fourth-order valence-electron chi connectivity index (χ4n) is 2.93. The fraction of sp³-hybridized carbons (Fsp3) is 0.409. The molecule has 2 rings (SSSR count). The Kier molecular flexibility index (Phi) is 7.81. The number of likely N-dealkylation sites (N-methyl/N-ethyl adjacent to an activating group) is 1. The molecule has 152 valence electrons. The number of amides is 2. The van der Waals surface area contributed by atoms with E-state index in [1.54, 1.807) is 24.1 Å². The SMILES string of the molecule is COc1ccc(C)cc1C(C)NC(=O)N(CCN(C)C)Cc1ccc(F)cc1. The van der Waals surface area contributed by atoms with Crippen LogP contribution in [0, 0.1) is 12.7 Å². The third kappa shape index (κ3) is 6.23. The van der Waals surface area contributed by atoms with E-state index in [1.807, 2.05) is 51.0 Å². The number of carbonyl (C=O) groups excluding carboxylic acids is 1. The molecule has 0 spiro atoms. The van der Waals surface area contributed by atoms with Crippen LogP contribution in [0.5, 0.6) is 5.75 Å². The van der Waals surface area contributed by atoms with E-state index >= 15 is 0 Å². The predicted molar refractivity (Wildman–Crippen MR) is 110 cm³/mol. The first-order valence-corrected chi connectivity index (χ1v) is 9.39. The van der Waals surface area contributed by atoms with Crippen LogP contribution in [0.4, 0.5) is 9.18 Å². The van der Waals surface area contributed by atoms with Crippen LogP contribution in [0.3, 0.4) is 0 Å². The van der Waals surface area contributed by atoms with Crippen LogP contribution in [0.2, 0.25) is 0 Å². The summed E-state index contributed by atoms with van der Waals surface area (Å²) in [6.07, 6.45) is 0. The maximum atomic E-state index is 13.2. The zero-order valence-corrected chi connectivity index (χ0v) is 17.3. The Labute approximate surface area is 167 Å². The van der Waals surface area contributed by atoms with Crippen molar-refractivity contribution in [2.24, 2.45) is 0 Å². The van der Waals surface area contributed by atoms with E-state index in [9.17, 15) is 9.18 Å². The van der Waals surface area contributed by atoms with E-state index in [4.69, 9.17) is 4.74 Å². The number of ether oxygens (including phenoxy) is 1. The highest BCUT2D eigenvalue weighted by Gasteiger charge is 2.19. The van der Waals surface area contributed by atoms with Gasteiger partial charge < -0.3 is 19.9 Å². The first-order valence-electron chi connectivity index (χ1n) is 9.39. The Bertz CT molecular complexity index is 778. The highest BCUT2D eigenvalue weighted by molar-refractivity contribution is 5.75. The van der Waals surface area contributed by atoms with Gasteiger partial charge in [-0.2, -0.15) is 0 Å². The minimum Gasteiger partial charge on any atom is -0.496 e. The van der Waals surface area contributed by atoms with Crippen molar-refractivity contribution in [1.82, 2.24) is 15.1 Å². The van der Waals surface area contributed by atoms with Crippen molar-refractivity contribution in [3.8, 4) is 5.75 Å². The number of hydrogen-bond acceptors (Lipinski definition) is 3. The molecule has 0 fully saturated rings. The molecule has 1 N–H and O–H groups in total. The van der Waals surface area contributed by atoms with E-state index in [1.165, 1.54) is 12.1 Å². The van der Waals surface area contributed by atoms with Crippen molar-refractivity contribution in [3.63, 3.8) is 0 Å². The van der Waals surface area contributed by atoms with Crippen molar-refractivity contribution in [3.05, 3.63) is 65.0 Å². The summed E-state index contributed by atoms with van der Waals surface area (Å²) in [5, 5.41) is 3.07. The van der Waals surface area contributed by atoms with Gasteiger partial charge in [-0.3, -0.25) is 0 Å². The van der Waals surface area contributed by atoms with Crippen molar-refractivity contribution < 1.29 is 13.9 Å². The van der Waals surface area contributed by atoms with E-state index < -0.39 is 0 Å². The maximum Gasteiger partial charge on any atom is 0.318 e. The van der Waals surface area contributed by atoms with Gasteiger partial charge in [-0.05, 0) is 51.7 Å². The summed E-state index contributed by atoms with van der Waals surface area (Å²) in [6, 6.07) is 11.8. The third-order valence-electron chi connectivity index (χ3n) is 4.58. The summed E-state index contributed by atoms with van der Waals surface area (Å²) >= 11 is 0. The first-order chi connectivity index (χ1) is 13.3. The number of nitrogens with zero attached hydrogens (tertiary/aromatic N) is 2. The van der Waals surface area contributed by atoms with Crippen LogP contribution in [-0.2, 0) is 6.54 Å². The molecule has 28 heavy (non-hydrogen) atoms. The normalized spacial score (nSPS) is 12.0. The standard InChI is InChI=1S/C22H30FN3O2/c1-16-6-11-21(28-5)20(14-16)17(2)24-22(27)26(13-12-25(3)4)15-18-7-9-19(23)10-8-18/h6-11,14,17H,12-13,15H2,1-5H3,(H,24,27). The third-order valence-corrected chi connectivity index (χ3v) is 4.58. The number of methoxy groups -OCH3 is 1. The van der Waals surface area contributed by atoms with E-state index in [-0.39, 0.29) is 17.9 Å². The summed E-state index contributed by atoms with van der Waals surface area (Å²) < 4.78 is 18.6. The minimum absolute atomic E-state index is 0.165. The molecule has 1 unspecified atom stereocenters. The molecule has 6 heteroatoms. The van der Waals surface area contributed by atoms with Crippen LogP contribution in [0.1, 0.15) is 29.7 Å². The second-order valence-electron chi connectivity index (χ2n) is 7.27. The predicted octanol–water partition coefficient (Wildman–Crippen LogP) is 3.98. The topological polar surface area (TPSA) is 44.8 Å². The largest absolute Gasteiger partial charge is 0.496 e. The Hall–Kier alpha value is -2.60. The highest BCUT2D eigenvalue weighted by Crippen LogP contribution is 2.26. The van der Waals surface area contributed by atoms with Gasteiger partial charge in [0.2, 0.25) is 0 Å².